The van der Waals surface area contributed by atoms with Crippen molar-refractivity contribution >= 4 is 27.3 Å². The van der Waals surface area contributed by atoms with Crippen LogP contribution < -0.4 is 10.0 Å². The molecule has 0 aliphatic rings. The number of nitrogens with one attached hydrogen (secondary N) is 2. The number of sulfonamides is 1. The molecule has 2 aromatic rings. The first-order chi connectivity index (χ1) is 10.1. The molecule has 0 aromatic carbocycles. The summed E-state index contributed by atoms with van der Waals surface area (Å²) in [4.78, 5) is 9.23. The molecule has 2 N–H and O–H groups in total. The fraction of sp³-hybridized carbons (Fsp3) is 0.385. The van der Waals surface area contributed by atoms with Gasteiger partial charge in [-0.15, -0.1) is 11.3 Å². The van der Waals surface area contributed by atoms with E-state index < -0.39 is 10.0 Å². The molecule has 2 aromatic heterocycles. The van der Waals surface area contributed by atoms with Gasteiger partial charge in [-0.2, -0.15) is 0 Å². The molecule has 0 saturated heterocycles. The smallest absolute Gasteiger partial charge is 0.243 e. The SMILES string of the molecule is CCCNc1ncc(S(=O)(=O)NCCc2cccs2)cn1. The van der Waals surface area contributed by atoms with E-state index >= 15 is 0 Å². The largest absolute Gasteiger partial charge is 0.354 e. The molecular formula is C13H18N4O2S2. The van der Waals surface area contributed by atoms with Crippen LogP contribution in [0.5, 0.6) is 0 Å². The predicted molar refractivity (Wildman–Crippen MR) is 84.0 cm³/mol. The number of anilines is 1. The molecule has 114 valence electrons. The molecule has 6 nitrogen and oxygen atoms in total. The van der Waals surface area contributed by atoms with E-state index in [9.17, 15) is 8.42 Å². The Hall–Kier alpha value is -1.51. The van der Waals surface area contributed by atoms with Crippen molar-refractivity contribution < 1.29 is 8.42 Å². The fourth-order valence-corrected chi connectivity index (χ4v) is 3.26. The van der Waals surface area contributed by atoms with Crippen LogP contribution in [0.3, 0.4) is 0 Å². The average Bonchev–Trinajstić information content (AvgIpc) is 2.98. The zero-order valence-electron chi connectivity index (χ0n) is 11.7. The van der Waals surface area contributed by atoms with Crippen molar-refractivity contribution in [1.29, 1.82) is 0 Å². The first-order valence-electron chi connectivity index (χ1n) is 6.70. The Bertz CT molecular complexity index is 639. The Balaban J connectivity index is 1.92. The number of rotatable bonds is 8. The van der Waals surface area contributed by atoms with Crippen molar-refractivity contribution in [3.63, 3.8) is 0 Å². The molecule has 2 rings (SSSR count). The molecule has 0 aliphatic carbocycles. The second-order valence-corrected chi connectivity index (χ2v) is 7.20. The highest BCUT2D eigenvalue weighted by molar-refractivity contribution is 7.89. The third-order valence-electron chi connectivity index (χ3n) is 2.72. The van der Waals surface area contributed by atoms with Gasteiger partial charge in [0.15, 0.2) is 0 Å². The van der Waals surface area contributed by atoms with Gasteiger partial charge in [0.1, 0.15) is 4.90 Å². The van der Waals surface area contributed by atoms with Crippen LogP contribution in [-0.2, 0) is 16.4 Å². The van der Waals surface area contributed by atoms with E-state index in [1.807, 2.05) is 24.4 Å². The van der Waals surface area contributed by atoms with Crippen LogP contribution >= 0.6 is 11.3 Å². The van der Waals surface area contributed by atoms with Crippen LogP contribution in [0, 0.1) is 0 Å². The molecular weight excluding hydrogens is 308 g/mol. The molecule has 0 aliphatic heterocycles. The lowest BCUT2D eigenvalue weighted by Gasteiger charge is -2.07. The Morgan fingerprint density at radius 3 is 2.62 bits per heavy atom. The minimum Gasteiger partial charge on any atom is -0.354 e. The summed E-state index contributed by atoms with van der Waals surface area (Å²) in [7, 11) is -3.55. The van der Waals surface area contributed by atoms with E-state index in [0.717, 1.165) is 17.8 Å². The third kappa shape index (κ3) is 4.76. The average molecular weight is 326 g/mol. The molecule has 0 atom stereocenters. The van der Waals surface area contributed by atoms with Gasteiger partial charge in [0.25, 0.3) is 0 Å². The summed E-state index contributed by atoms with van der Waals surface area (Å²) in [6.07, 6.45) is 4.26. The molecule has 21 heavy (non-hydrogen) atoms. The van der Waals surface area contributed by atoms with Crippen LogP contribution in [0.4, 0.5) is 5.95 Å². The molecule has 0 fully saturated rings. The van der Waals surface area contributed by atoms with Crippen LogP contribution in [0.25, 0.3) is 0 Å². The van der Waals surface area contributed by atoms with Crippen molar-refractivity contribution in [2.24, 2.45) is 0 Å². The lowest BCUT2D eigenvalue weighted by Crippen LogP contribution is -2.26. The minimum atomic E-state index is -3.55. The summed E-state index contributed by atoms with van der Waals surface area (Å²) in [5.74, 6) is 0.439. The summed E-state index contributed by atoms with van der Waals surface area (Å²) < 4.78 is 26.7. The van der Waals surface area contributed by atoms with E-state index in [2.05, 4.69) is 20.0 Å². The minimum absolute atomic E-state index is 0.0794. The van der Waals surface area contributed by atoms with Crippen LogP contribution in [-0.4, -0.2) is 31.5 Å². The Labute approximate surface area is 128 Å². The van der Waals surface area contributed by atoms with E-state index in [-0.39, 0.29) is 4.90 Å². The number of nitrogens with zero attached hydrogens (tertiary/aromatic N) is 2. The normalized spacial score (nSPS) is 11.5. The van der Waals surface area contributed by atoms with Gasteiger partial charge in [0, 0.05) is 18.0 Å². The monoisotopic (exact) mass is 326 g/mol. The first kappa shape index (κ1) is 15.9. The molecule has 8 heteroatoms. The highest BCUT2D eigenvalue weighted by atomic mass is 32.2. The van der Waals surface area contributed by atoms with Crippen molar-refractivity contribution in [2.75, 3.05) is 18.4 Å². The molecule has 0 unspecified atom stereocenters. The summed E-state index contributed by atoms with van der Waals surface area (Å²) in [6.45, 7) is 3.15. The highest BCUT2D eigenvalue weighted by Gasteiger charge is 2.14. The van der Waals surface area contributed by atoms with Crippen LogP contribution in [0.15, 0.2) is 34.8 Å². The van der Waals surface area contributed by atoms with Crippen molar-refractivity contribution in [1.82, 2.24) is 14.7 Å². The maximum atomic E-state index is 12.1. The Morgan fingerprint density at radius 1 is 1.24 bits per heavy atom. The molecule has 0 saturated carbocycles. The lowest BCUT2D eigenvalue weighted by molar-refractivity contribution is 0.581. The number of hydrogen-bond donors (Lipinski definition) is 2. The number of aromatic nitrogens is 2. The van der Waals surface area contributed by atoms with Gasteiger partial charge in [-0.05, 0) is 24.3 Å². The second-order valence-electron chi connectivity index (χ2n) is 4.40. The summed E-state index contributed by atoms with van der Waals surface area (Å²) in [5, 5.41) is 4.97. The van der Waals surface area contributed by atoms with Gasteiger partial charge in [0.2, 0.25) is 16.0 Å². The van der Waals surface area contributed by atoms with Crippen molar-refractivity contribution in [3.05, 3.63) is 34.8 Å². The maximum absolute atomic E-state index is 12.1. The molecule has 0 radical (unpaired) electrons. The maximum Gasteiger partial charge on any atom is 0.243 e. The number of hydrogen-bond acceptors (Lipinski definition) is 6. The highest BCUT2D eigenvalue weighted by Crippen LogP contribution is 2.10. The van der Waals surface area contributed by atoms with Crippen molar-refractivity contribution in [2.45, 2.75) is 24.7 Å². The summed E-state index contributed by atoms with van der Waals surface area (Å²) >= 11 is 1.61. The van der Waals surface area contributed by atoms with Gasteiger partial charge in [0.05, 0.1) is 12.4 Å². The summed E-state index contributed by atoms with van der Waals surface area (Å²) in [6, 6.07) is 3.93. The quantitative estimate of drug-likeness (QED) is 0.774. The van der Waals surface area contributed by atoms with E-state index in [4.69, 9.17) is 0 Å². The van der Waals surface area contributed by atoms with Crippen LogP contribution in [0.1, 0.15) is 18.2 Å². The topological polar surface area (TPSA) is 84.0 Å². The van der Waals surface area contributed by atoms with Gasteiger partial charge in [-0.25, -0.2) is 23.1 Å². The Morgan fingerprint density at radius 2 is 2.00 bits per heavy atom. The van der Waals surface area contributed by atoms with E-state index in [0.29, 0.717) is 18.9 Å². The van der Waals surface area contributed by atoms with Gasteiger partial charge >= 0.3 is 0 Å². The molecule has 2 heterocycles. The van der Waals surface area contributed by atoms with Crippen LogP contribution in [0.2, 0.25) is 0 Å². The first-order valence-corrected chi connectivity index (χ1v) is 9.06. The molecule has 0 amide bonds. The zero-order chi connectivity index (χ0) is 15.1. The van der Waals surface area contributed by atoms with Gasteiger partial charge in [-0.1, -0.05) is 13.0 Å². The predicted octanol–water partition coefficient (Wildman–Crippen LogP) is 1.88. The van der Waals surface area contributed by atoms with Crippen molar-refractivity contribution in [3.8, 4) is 0 Å². The third-order valence-corrected chi connectivity index (χ3v) is 5.07. The zero-order valence-corrected chi connectivity index (χ0v) is 13.4. The van der Waals surface area contributed by atoms with E-state index in [1.165, 1.54) is 12.4 Å². The molecule has 0 spiro atoms. The van der Waals surface area contributed by atoms with Gasteiger partial charge < -0.3 is 5.32 Å². The van der Waals surface area contributed by atoms with Gasteiger partial charge in [-0.3, -0.25) is 0 Å². The van der Waals surface area contributed by atoms with E-state index in [1.54, 1.807) is 11.3 Å². The Kier molecular flexibility index (Phi) is 5.66. The summed E-state index contributed by atoms with van der Waals surface area (Å²) in [5.41, 5.74) is 0. The lowest BCUT2D eigenvalue weighted by atomic mass is 10.3. The molecule has 0 bridgehead atoms. The standard InChI is InChI=1S/C13H18N4O2S2/c1-2-6-14-13-15-9-12(10-16-13)21(18,19)17-7-5-11-4-3-8-20-11/h3-4,8-10,17H,2,5-7H2,1H3,(H,14,15,16). The number of thiophene rings is 1. The fourth-order valence-electron chi connectivity index (χ4n) is 1.63. The second kappa shape index (κ2) is 7.48.